The number of amides is 4. The number of rotatable bonds is 7. The van der Waals surface area contributed by atoms with Gasteiger partial charge in [-0.3, -0.25) is 24.0 Å². The number of hydroxylamine groups is 4. The summed E-state index contributed by atoms with van der Waals surface area (Å²) in [4.78, 5) is 74.5. The first-order chi connectivity index (χ1) is 13.9. The van der Waals surface area contributed by atoms with Gasteiger partial charge in [0.2, 0.25) is 0 Å². The standard InChI is InChI=1S/C13H21NO5.C5H5NO5/c1-5-9(2)8-18-13(3,4)12(17)19-14-10(15)6-7-11(14)16;7-3-1-2-4(8)6(3)11-5(9)10/h9H,5-8H2,1-4H3;1-2H2,(H,9,10). The topological polar surface area (TPSA) is 157 Å². The molecule has 2 saturated heterocycles. The normalized spacial score (nSPS) is 17.6. The number of carbonyl (C=O) groups excluding carboxylic acids is 5. The maximum atomic E-state index is 11.9. The molecule has 2 heterocycles. The highest BCUT2D eigenvalue weighted by Gasteiger charge is 2.38. The maximum Gasteiger partial charge on any atom is 0.531 e. The molecule has 0 spiro atoms. The molecule has 30 heavy (non-hydrogen) atoms. The van der Waals surface area contributed by atoms with Crippen LogP contribution >= 0.6 is 0 Å². The fourth-order valence-electron chi connectivity index (χ4n) is 2.11. The molecule has 168 valence electrons. The maximum absolute atomic E-state index is 11.9. The monoisotopic (exact) mass is 430 g/mol. The summed E-state index contributed by atoms with van der Waals surface area (Å²) in [6.45, 7) is 7.57. The van der Waals surface area contributed by atoms with E-state index in [1.165, 1.54) is 0 Å². The highest BCUT2D eigenvalue weighted by Crippen LogP contribution is 2.19. The van der Waals surface area contributed by atoms with Crippen molar-refractivity contribution in [3.8, 4) is 0 Å². The number of ether oxygens (including phenoxy) is 1. The number of nitrogens with zero attached hydrogens (tertiary/aromatic N) is 2. The average Bonchev–Trinajstić information content (AvgIpc) is 3.16. The van der Waals surface area contributed by atoms with E-state index in [1.54, 1.807) is 13.8 Å². The first-order valence-electron chi connectivity index (χ1n) is 9.37. The van der Waals surface area contributed by atoms with E-state index >= 15 is 0 Å². The summed E-state index contributed by atoms with van der Waals surface area (Å²) < 4.78 is 5.50. The molecule has 2 aliphatic heterocycles. The van der Waals surface area contributed by atoms with E-state index in [0.717, 1.165) is 6.42 Å². The fourth-order valence-corrected chi connectivity index (χ4v) is 2.11. The molecule has 0 saturated carbocycles. The van der Waals surface area contributed by atoms with Crippen LogP contribution < -0.4 is 0 Å². The zero-order valence-corrected chi connectivity index (χ0v) is 17.3. The van der Waals surface area contributed by atoms with Gasteiger partial charge in [-0.2, -0.15) is 0 Å². The van der Waals surface area contributed by atoms with Gasteiger partial charge < -0.3 is 14.7 Å². The second-order valence-corrected chi connectivity index (χ2v) is 7.23. The van der Waals surface area contributed by atoms with Gasteiger partial charge in [0.25, 0.3) is 23.6 Å². The first-order valence-corrected chi connectivity index (χ1v) is 9.37. The molecule has 0 aromatic rings. The van der Waals surface area contributed by atoms with Crippen LogP contribution in [0.15, 0.2) is 0 Å². The smallest absolute Gasteiger partial charge is 0.448 e. The van der Waals surface area contributed by atoms with Gasteiger partial charge in [-0.15, -0.1) is 5.06 Å². The lowest BCUT2D eigenvalue weighted by Crippen LogP contribution is -2.43. The molecule has 4 amide bonds. The number of carbonyl (C=O) groups is 6. The average molecular weight is 430 g/mol. The summed E-state index contributed by atoms with van der Waals surface area (Å²) in [5, 5.41) is 8.85. The second kappa shape index (κ2) is 10.7. The molecule has 1 unspecified atom stereocenters. The molecule has 0 aromatic carbocycles. The SMILES string of the molecule is CCC(C)COC(C)(C)C(=O)ON1C(=O)CCC1=O.O=C(O)ON1C(=O)CCC1=O. The lowest BCUT2D eigenvalue weighted by Gasteiger charge is -2.26. The van der Waals surface area contributed by atoms with Gasteiger partial charge in [-0.1, -0.05) is 25.3 Å². The van der Waals surface area contributed by atoms with Crippen molar-refractivity contribution in [1.29, 1.82) is 0 Å². The Kier molecular flexibility index (Phi) is 8.90. The first kappa shape index (κ1) is 25.0. The van der Waals surface area contributed by atoms with Gasteiger partial charge in [-0.05, 0) is 19.8 Å². The Balaban J connectivity index is 0.000000346. The van der Waals surface area contributed by atoms with E-state index in [0.29, 0.717) is 17.6 Å². The van der Waals surface area contributed by atoms with Gasteiger partial charge in [0.05, 0.1) is 6.61 Å². The van der Waals surface area contributed by atoms with Gasteiger partial charge in [0.1, 0.15) is 0 Å². The van der Waals surface area contributed by atoms with Crippen LogP contribution in [0.3, 0.4) is 0 Å². The van der Waals surface area contributed by atoms with Crippen LogP contribution in [0.25, 0.3) is 0 Å². The molecule has 0 bridgehead atoms. The van der Waals surface area contributed by atoms with Crippen LogP contribution in [0, 0.1) is 5.92 Å². The number of carboxylic acid groups (broad SMARTS) is 1. The Labute approximate surface area is 172 Å². The number of imide groups is 2. The molecular weight excluding hydrogens is 404 g/mol. The Morgan fingerprint density at radius 1 is 0.933 bits per heavy atom. The Bertz CT molecular complexity index is 686. The van der Waals surface area contributed by atoms with Crippen molar-refractivity contribution in [1.82, 2.24) is 10.1 Å². The van der Waals surface area contributed by atoms with Crippen LogP contribution in [0.1, 0.15) is 59.8 Å². The number of hydrogen-bond acceptors (Lipinski definition) is 9. The zero-order valence-electron chi connectivity index (χ0n) is 17.3. The molecule has 2 aliphatic rings. The molecule has 1 N–H and O–H groups in total. The minimum absolute atomic E-state index is 0.0200. The Morgan fingerprint density at radius 3 is 1.70 bits per heavy atom. The van der Waals surface area contributed by atoms with Crippen LogP contribution in [0.5, 0.6) is 0 Å². The molecule has 2 fully saturated rings. The highest BCUT2D eigenvalue weighted by molar-refractivity contribution is 6.02. The van der Waals surface area contributed by atoms with E-state index in [1.807, 2.05) is 13.8 Å². The van der Waals surface area contributed by atoms with E-state index in [2.05, 4.69) is 4.84 Å². The van der Waals surface area contributed by atoms with Crippen molar-refractivity contribution in [3.05, 3.63) is 0 Å². The van der Waals surface area contributed by atoms with Crippen LogP contribution in [0.4, 0.5) is 4.79 Å². The van der Waals surface area contributed by atoms with Crippen molar-refractivity contribution < 1.29 is 48.3 Å². The van der Waals surface area contributed by atoms with Crippen molar-refractivity contribution in [2.24, 2.45) is 5.92 Å². The highest BCUT2D eigenvalue weighted by atomic mass is 16.8. The number of hydrogen-bond donors (Lipinski definition) is 1. The van der Waals surface area contributed by atoms with Crippen molar-refractivity contribution >= 4 is 35.8 Å². The molecule has 0 aromatic heterocycles. The molecule has 0 radical (unpaired) electrons. The summed E-state index contributed by atoms with van der Waals surface area (Å²) in [7, 11) is 0. The fraction of sp³-hybridized carbons (Fsp3) is 0.667. The zero-order chi connectivity index (χ0) is 23.1. The summed E-state index contributed by atoms with van der Waals surface area (Å²) >= 11 is 0. The van der Waals surface area contributed by atoms with Crippen molar-refractivity contribution in [2.75, 3.05) is 6.61 Å². The Morgan fingerprint density at radius 2 is 1.33 bits per heavy atom. The second-order valence-electron chi connectivity index (χ2n) is 7.23. The van der Waals surface area contributed by atoms with Gasteiger partial charge in [0, 0.05) is 25.7 Å². The minimum Gasteiger partial charge on any atom is -0.448 e. The molecule has 12 heteroatoms. The molecule has 0 aliphatic carbocycles. The van der Waals surface area contributed by atoms with Crippen LogP contribution in [-0.4, -0.2) is 63.2 Å². The predicted octanol–water partition coefficient (Wildman–Crippen LogP) is 1.18. The molecule has 1 atom stereocenters. The summed E-state index contributed by atoms with van der Waals surface area (Å²) in [5.41, 5.74) is -1.19. The molecule has 2 rings (SSSR count). The third-order valence-electron chi connectivity index (χ3n) is 4.27. The summed E-state index contributed by atoms with van der Waals surface area (Å²) in [6.07, 6.45) is -0.513. The van der Waals surface area contributed by atoms with E-state index in [4.69, 9.17) is 14.7 Å². The summed E-state index contributed by atoms with van der Waals surface area (Å²) in [6, 6.07) is 0. The predicted molar refractivity (Wildman–Crippen MR) is 96.9 cm³/mol. The lowest BCUT2D eigenvalue weighted by atomic mass is 10.1. The van der Waals surface area contributed by atoms with E-state index in [-0.39, 0.29) is 30.7 Å². The Hall–Kier alpha value is -3.02. The minimum atomic E-state index is -1.66. The van der Waals surface area contributed by atoms with Gasteiger partial charge >= 0.3 is 12.1 Å². The lowest BCUT2D eigenvalue weighted by molar-refractivity contribution is -0.212. The van der Waals surface area contributed by atoms with Crippen molar-refractivity contribution in [3.63, 3.8) is 0 Å². The van der Waals surface area contributed by atoms with Crippen LogP contribution in [0.2, 0.25) is 0 Å². The third kappa shape index (κ3) is 7.10. The van der Waals surface area contributed by atoms with E-state index < -0.39 is 41.4 Å². The van der Waals surface area contributed by atoms with Gasteiger partial charge in [0.15, 0.2) is 5.60 Å². The summed E-state index contributed by atoms with van der Waals surface area (Å²) in [5.74, 6) is -2.62. The molecule has 12 nitrogen and oxygen atoms in total. The molecular formula is C18H26N2O10. The largest absolute Gasteiger partial charge is 0.531 e. The van der Waals surface area contributed by atoms with Crippen molar-refractivity contribution in [2.45, 2.75) is 65.4 Å². The van der Waals surface area contributed by atoms with Crippen LogP contribution in [-0.2, 0) is 38.4 Å². The quantitative estimate of drug-likeness (QED) is 0.582. The van der Waals surface area contributed by atoms with E-state index in [9.17, 15) is 28.8 Å². The third-order valence-corrected chi connectivity index (χ3v) is 4.27. The van der Waals surface area contributed by atoms with Gasteiger partial charge in [-0.25, -0.2) is 9.59 Å².